The van der Waals surface area contributed by atoms with Crippen LogP contribution in [0.5, 0.6) is 0 Å². The molecule has 0 heterocycles. The Kier molecular flexibility index (Phi) is 8.16. The lowest BCUT2D eigenvalue weighted by Gasteiger charge is -2.12. The van der Waals surface area contributed by atoms with Gasteiger partial charge in [0.05, 0.1) is 25.9 Å². The van der Waals surface area contributed by atoms with Gasteiger partial charge in [-0.25, -0.2) is 4.39 Å². The molecule has 4 nitrogen and oxygen atoms in total. The minimum atomic E-state index is -0.618. The summed E-state index contributed by atoms with van der Waals surface area (Å²) in [5.41, 5.74) is 0.557. The molecule has 0 saturated carbocycles. The Bertz CT molecular complexity index is 379. The van der Waals surface area contributed by atoms with Gasteiger partial charge < -0.3 is 19.9 Å². The van der Waals surface area contributed by atoms with Crippen LogP contribution in [0, 0.1) is 5.82 Å². The number of hydrogen-bond donors (Lipinski definition) is 2. The van der Waals surface area contributed by atoms with Crippen molar-refractivity contribution < 1.29 is 19.0 Å². The lowest BCUT2D eigenvalue weighted by Crippen LogP contribution is -2.30. The molecular weight excluding hydrogens is 317 g/mol. The van der Waals surface area contributed by atoms with Crippen LogP contribution in [0.2, 0.25) is 0 Å². The molecule has 2 N–H and O–H groups in total. The normalized spacial score (nSPS) is 12.6. The molecular formula is C13H19BrFNO3. The number of methoxy groups -OCH3 is 1. The third-order valence-corrected chi connectivity index (χ3v) is 2.94. The van der Waals surface area contributed by atoms with E-state index in [1.807, 2.05) is 0 Å². The molecule has 6 heteroatoms. The first-order valence-electron chi connectivity index (χ1n) is 6.03. The Hall–Kier alpha value is -0.530. The quantitative estimate of drug-likeness (QED) is 0.674. The number of halogens is 2. The third-order valence-electron chi connectivity index (χ3n) is 2.45. The molecule has 1 aromatic carbocycles. The molecule has 0 saturated heterocycles. The molecule has 0 radical (unpaired) electrons. The van der Waals surface area contributed by atoms with Crippen LogP contribution >= 0.6 is 15.9 Å². The summed E-state index contributed by atoms with van der Waals surface area (Å²) in [5.74, 6) is -0.262. The Morgan fingerprint density at radius 2 is 2.21 bits per heavy atom. The van der Waals surface area contributed by atoms with Gasteiger partial charge in [0, 0.05) is 30.2 Å². The number of aliphatic hydroxyl groups excluding tert-OH is 1. The van der Waals surface area contributed by atoms with Crippen molar-refractivity contribution in [2.45, 2.75) is 12.6 Å². The fraction of sp³-hybridized carbons (Fsp3) is 0.538. The van der Waals surface area contributed by atoms with E-state index in [0.29, 0.717) is 31.9 Å². The predicted molar refractivity (Wildman–Crippen MR) is 74.5 cm³/mol. The van der Waals surface area contributed by atoms with Crippen molar-refractivity contribution in [2.24, 2.45) is 0 Å². The highest BCUT2D eigenvalue weighted by atomic mass is 79.9. The smallest absolute Gasteiger partial charge is 0.127 e. The maximum atomic E-state index is 13.4. The lowest BCUT2D eigenvalue weighted by atomic mass is 10.2. The second-order valence-electron chi connectivity index (χ2n) is 4.09. The predicted octanol–water partition coefficient (Wildman–Crippen LogP) is 1.70. The van der Waals surface area contributed by atoms with E-state index in [4.69, 9.17) is 9.47 Å². The van der Waals surface area contributed by atoms with Gasteiger partial charge in [-0.1, -0.05) is 15.9 Å². The maximum Gasteiger partial charge on any atom is 0.127 e. The summed E-state index contributed by atoms with van der Waals surface area (Å²) in [4.78, 5) is 0. The topological polar surface area (TPSA) is 50.7 Å². The van der Waals surface area contributed by atoms with Crippen molar-refractivity contribution in [3.8, 4) is 0 Å². The van der Waals surface area contributed by atoms with E-state index >= 15 is 0 Å². The summed E-state index contributed by atoms with van der Waals surface area (Å²) in [5, 5.41) is 12.6. The number of ether oxygens (including phenoxy) is 2. The second kappa shape index (κ2) is 9.39. The Morgan fingerprint density at radius 1 is 1.42 bits per heavy atom. The van der Waals surface area contributed by atoms with Crippen molar-refractivity contribution in [1.82, 2.24) is 5.32 Å². The molecule has 0 aromatic heterocycles. The van der Waals surface area contributed by atoms with Crippen molar-refractivity contribution in [3.05, 3.63) is 34.1 Å². The fourth-order valence-electron chi connectivity index (χ4n) is 1.47. The molecule has 108 valence electrons. The van der Waals surface area contributed by atoms with Gasteiger partial charge in [-0.05, 0) is 18.2 Å². The van der Waals surface area contributed by atoms with E-state index in [2.05, 4.69) is 21.2 Å². The summed E-state index contributed by atoms with van der Waals surface area (Å²) in [6, 6.07) is 4.77. The van der Waals surface area contributed by atoms with E-state index in [1.54, 1.807) is 19.2 Å². The van der Waals surface area contributed by atoms with E-state index in [1.165, 1.54) is 6.07 Å². The zero-order chi connectivity index (χ0) is 14.1. The van der Waals surface area contributed by atoms with Crippen LogP contribution in [0.4, 0.5) is 4.39 Å². The molecule has 0 spiro atoms. The lowest BCUT2D eigenvalue weighted by molar-refractivity contribution is 0.0137. The van der Waals surface area contributed by atoms with Gasteiger partial charge in [-0.3, -0.25) is 0 Å². The van der Waals surface area contributed by atoms with E-state index in [-0.39, 0.29) is 12.4 Å². The molecule has 0 amide bonds. The summed E-state index contributed by atoms with van der Waals surface area (Å²) in [6.07, 6.45) is -0.618. The highest BCUT2D eigenvalue weighted by molar-refractivity contribution is 9.10. The van der Waals surface area contributed by atoms with Crippen molar-refractivity contribution in [1.29, 1.82) is 0 Å². The molecule has 1 aromatic rings. The van der Waals surface area contributed by atoms with Crippen LogP contribution in [-0.4, -0.2) is 44.7 Å². The van der Waals surface area contributed by atoms with Gasteiger partial charge in [0.25, 0.3) is 0 Å². The third kappa shape index (κ3) is 6.98. The van der Waals surface area contributed by atoms with Gasteiger partial charge in [-0.15, -0.1) is 0 Å². The number of hydrogen-bond acceptors (Lipinski definition) is 4. The fourth-order valence-corrected chi connectivity index (χ4v) is 1.88. The zero-order valence-electron chi connectivity index (χ0n) is 10.9. The Morgan fingerprint density at radius 3 is 2.95 bits per heavy atom. The Labute approximate surface area is 121 Å². The summed E-state index contributed by atoms with van der Waals surface area (Å²) in [6.45, 7) is 1.90. The SMILES string of the molecule is COCCOCC(O)CNCc1cc(Br)ccc1F. The molecule has 0 aliphatic carbocycles. The largest absolute Gasteiger partial charge is 0.389 e. The first kappa shape index (κ1) is 16.5. The van der Waals surface area contributed by atoms with Crippen molar-refractivity contribution in [3.63, 3.8) is 0 Å². The molecule has 0 fully saturated rings. The number of rotatable bonds is 9. The maximum absolute atomic E-state index is 13.4. The number of aliphatic hydroxyl groups is 1. The molecule has 1 rings (SSSR count). The van der Waals surface area contributed by atoms with Crippen LogP contribution in [0.3, 0.4) is 0 Å². The average Bonchev–Trinajstić information content (AvgIpc) is 2.39. The van der Waals surface area contributed by atoms with Gasteiger partial charge in [-0.2, -0.15) is 0 Å². The molecule has 0 bridgehead atoms. The standard InChI is InChI=1S/C13H19BrFNO3/c1-18-4-5-19-9-12(17)8-16-7-10-6-11(14)2-3-13(10)15/h2-3,6,12,16-17H,4-5,7-9H2,1H3. The van der Waals surface area contributed by atoms with E-state index < -0.39 is 6.10 Å². The van der Waals surface area contributed by atoms with Crippen LogP contribution in [0.15, 0.2) is 22.7 Å². The van der Waals surface area contributed by atoms with Crippen molar-refractivity contribution >= 4 is 15.9 Å². The minimum absolute atomic E-state index is 0.233. The summed E-state index contributed by atoms with van der Waals surface area (Å²) in [7, 11) is 1.59. The molecule has 19 heavy (non-hydrogen) atoms. The average molecular weight is 336 g/mol. The minimum Gasteiger partial charge on any atom is -0.389 e. The monoisotopic (exact) mass is 335 g/mol. The van der Waals surface area contributed by atoms with Gasteiger partial charge in [0.15, 0.2) is 0 Å². The van der Waals surface area contributed by atoms with Crippen LogP contribution in [0.25, 0.3) is 0 Å². The van der Waals surface area contributed by atoms with Crippen molar-refractivity contribution in [2.75, 3.05) is 33.5 Å². The van der Waals surface area contributed by atoms with E-state index in [0.717, 1.165) is 4.47 Å². The van der Waals surface area contributed by atoms with Crippen LogP contribution in [0.1, 0.15) is 5.56 Å². The highest BCUT2D eigenvalue weighted by Gasteiger charge is 2.06. The van der Waals surface area contributed by atoms with Crippen LogP contribution in [-0.2, 0) is 16.0 Å². The summed E-state index contributed by atoms with van der Waals surface area (Å²) >= 11 is 3.29. The molecule has 1 atom stereocenters. The highest BCUT2D eigenvalue weighted by Crippen LogP contribution is 2.15. The summed E-state index contributed by atoms with van der Waals surface area (Å²) < 4.78 is 24.3. The molecule has 0 aliphatic heterocycles. The van der Waals surface area contributed by atoms with Crippen LogP contribution < -0.4 is 5.32 Å². The number of benzene rings is 1. The molecule has 1 unspecified atom stereocenters. The second-order valence-corrected chi connectivity index (χ2v) is 5.00. The van der Waals surface area contributed by atoms with Gasteiger partial charge in [0.2, 0.25) is 0 Å². The zero-order valence-corrected chi connectivity index (χ0v) is 12.5. The van der Waals surface area contributed by atoms with Gasteiger partial charge >= 0.3 is 0 Å². The Balaban J connectivity index is 2.20. The molecule has 0 aliphatic rings. The first-order chi connectivity index (χ1) is 9.13. The van der Waals surface area contributed by atoms with E-state index in [9.17, 15) is 9.50 Å². The van der Waals surface area contributed by atoms with Gasteiger partial charge in [0.1, 0.15) is 5.82 Å². The number of nitrogens with one attached hydrogen (secondary N) is 1. The first-order valence-corrected chi connectivity index (χ1v) is 6.82.